The van der Waals surface area contributed by atoms with Gasteiger partial charge in [-0.15, -0.1) is 0 Å². The molecule has 0 radical (unpaired) electrons. The van der Waals surface area contributed by atoms with Gasteiger partial charge in [-0.3, -0.25) is 9.78 Å². The zero-order valence-corrected chi connectivity index (χ0v) is 11.1. The highest BCUT2D eigenvalue weighted by Crippen LogP contribution is 2.24. The minimum Gasteiger partial charge on any atom is -0.478 e. The number of anilines is 1. The van der Waals surface area contributed by atoms with Gasteiger partial charge in [0.15, 0.2) is 0 Å². The molecule has 0 aliphatic rings. The summed E-state index contributed by atoms with van der Waals surface area (Å²) in [6.07, 6.45) is 1.65. The van der Waals surface area contributed by atoms with Crippen LogP contribution in [-0.4, -0.2) is 22.0 Å². The standard InChI is InChI=1S/C14H11ClN2O3/c15-10-5-3-6-11(13(10)14(19)20)17-12(18)8-9-4-1-2-7-16-9/h1-7H,8H2,(H,17,18)(H,19,20). The van der Waals surface area contributed by atoms with Crippen LogP contribution in [0.25, 0.3) is 0 Å². The summed E-state index contributed by atoms with van der Waals surface area (Å²) in [4.78, 5) is 27.0. The fourth-order valence-electron chi connectivity index (χ4n) is 1.71. The van der Waals surface area contributed by atoms with E-state index in [0.29, 0.717) is 5.69 Å². The largest absolute Gasteiger partial charge is 0.478 e. The molecule has 20 heavy (non-hydrogen) atoms. The Hall–Kier alpha value is -2.40. The van der Waals surface area contributed by atoms with E-state index in [2.05, 4.69) is 10.3 Å². The molecule has 1 heterocycles. The number of benzene rings is 1. The van der Waals surface area contributed by atoms with Crippen LogP contribution in [0.1, 0.15) is 16.1 Å². The first-order valence-electron chi connectivity index (χ1n) is 5.79. The van der Waals surface area contributed by atoms with E-state index in [1.165, 1.54) is 12.1 Å². The van der Waals surface area contributed by atoms with Gasteiger partial charge in [0, 0.05) is 11.9 Å². The molecular weight excluding hydrogens is 280 g/mol. The number of aromatic nitrogens is 1. The smallest absolute Gasteiger partial charge is 0.339 e. The van der Waals surface area contributed by atoms with Gasteiger partial charge in [-0.05, 0) is 24.3 Å². The van der Waals surface area contributed by atoms with Crippen LogP contribution in [0.5, 0.6) is 0 Å². The van der Waals surface area contributed by atoms with Crippen molar-refractivity contribution >= 4 is 29.2 Å². The molecular formula is C14H11ClN2O3. The Bertz CT molecular complexity index is 644. The van der Waals surface area contributed by atoms with E-state index >= 15 is 0 Å². The van der Waals surface area contributed by atoms with Crippen LogP contribution in [0, 0.1) is 0 Å². The molecule has 0 bridgehead atoms. The Labute approximate surface area is 120 Å². The van der Waals surface area contributed by atoms with Crippen molar-refractivity contribution in [2.45, 2.75) is 6.42 Å². The SMILES string of the molecule is O=C(Cc1ccccn1)Nc1cccc(Cl)c1C(=O)O. The first-order chi connectivity index (χ1) is 9.58. The number of halogens is 1. The Morgan fingerprint density at radius 2 is 2.00 bits per heavy atom. The zero-order chi connectivity index (χ0) is 14.5. The molecule has 0 saturated carbocycles. The summed E-state index contributed by atoms with van der Waals surface area (Å²) in [6.45, 7) is 0. The summed E-state index contributed by atoms with van der Waals surface area (Å²) in [5, 5.41) is 11.7. The first-order valence-corrected chi connectivity index (χ1v) is 6.17. The van der Waals surface area contributed by atoms with Crippen molar-refractivity contribution in [3.63, 3.8) is 0 Å². The molecule has 1 aromatic carbocycles. The average molecular weight is 291 g/mol. The molecule has 2 rings (SSSR count). The predicted molar refractivity (Wildman–Crippen MR) is 75.0 cm³/mol. The molecule has 2 N–H and O–H groups in total. The molecule has 0 saturated heterocycles. The predicted octanol–water partition coefficient (Wildman–Crippen LogP) is 2.61. The van der Waals surface area contributed by atoms with Crippen LogP contribution in [-0.2, 0) is 11.2 Å². The van der Waals surface area contributed by atoms with Gasteiger partial charge in [-0.1, -0.05) is 23.7 Å². The van der Waals surface area contributed by atoms with Crippen LogP contribution >= 0.6 is 11.6 Å². The second kappa shape index (κ2) is 6.16. The van der Waals surface area contributed by atoms with Crippen molar-refractivity contribution in [3.05, 3.63) is 58.9 Å². The summed E-state index contributed by atoms with van der Waals surface area (Å²) in [6, 6.07) is 9.77. The summed E-state index contributed by atoms with van der Waals surface area (Å²) < 4.78 is 0. The number of hydrogen-bond donors (Lipinski definition) is 2. The minimum absolute atomic E-state index is 0.0619. The highest BCUT2D eigenvalue weighted by Gasteiger charge is 2.16. The third kappa shape index (κ3) is 3.33. The van der Waals surface area contributed by atoms with Crippen LogP contribution in [0.2, 0.25) is 5.02 Å². The molecule has 6 heteroatoms. The van der Waals surface area contributed by atoms with Crippen molar-refractivity contribution in [2.24, 2.45) is 0 Å². The lowest BCUT2D eigenvalue weighted by Crippen LogP contribution is -2.17. The fraction of sp³-hybridized carbons (Fsp3) is 0.0714. The van der Waals surface area contributed by atoms with Crippen molar-refractivity contribution < 1.29 is 14.7 Å². The summed E-state index contributed by atoms with van der Waals surface area (Å²) in [5.41, 5.74) is 0.651. The van der Waals surface area contributed by atoms with Gasteiger partial charge in [-0.2, -0.15) is 0 Å². The number of carboxylic acid groups (broad SMARTS) is 1. The minimum atomic E-state index is -1.19. The van der Waals surface area contributed by atoms with Gasteiger partial charge in [0.05, 0.1) is 17.1 Å². The molecule has 0 fully saturated rings. The molecule has 0 unspecified atom stereocenters. The van der Waals surface area contributed by atoms with E-state index < -0.39 is 5.97 Å². The van der Waals surface area contributed by atoms with E-state index in [0.717, 1.165) is 0 Å². The van der Waals surface area contributed by atoms with Gasteiger partial charge in [0.1, 0.15) is 5.56 Å². The normalized spacial score (nSPS) is 10.1. The van der Waals surface area contributed by atoms with Gasteiger partial charge < -0.3 is 10.4 Å². The Kier molecular flexibility index (Phi) is 4.32. The Morgan fingerprint density at radius 3 is 2.65 bits per heavy atom. The maximum absolute atomic E-state index is 11.9. The Balaban J connectivity index is 2.16. The number of aromatic carboxylic acids is 1. The first kappa shape index (κ1) is 14.0. The van der Waals surface area contributed by atoms with E-state index in [4.69, 9.17) is 16.7 Å². The lowest BCUT2D eigenvalue weighted by molar-refractivity contribution is -0.115. The van der Waals surface area contributed by atoms with Crippen molar-refractivity contribution in [2.75, 3.05) is 5.32 Å². The third-order valence-corrected chi connectivity index (χ3v) is 2.88. The quantitative estimate of drug-likeness (QED) is 0.907. The highest BCUT2D eigenvalue weighted by atomic mass is 35.5. The third-order valence-electron chi connectivity index (χ3n) is 2.57. The molecule has 1 aromatic heterocycles. The highest BCUT2D eigenvalue weighted by molar-refractivity contribution is 6.34. The maximum Gasteiger partial charge on any atom is 0.339 e. The van der Waals surface area contributed by atoms with E-state index in [-0.39, 0.29) is 28.6 Å². The van der Waals surface area contributed by atoms with Gasteiger partial charge >= 0.3 is 5.97 Å². The van der Waals surface area contributed by atoms with Crippen LogP contribution in [0.15, 0.2) is 42.6 Å². The molecule has 0 aliphatic heterocycles. The second-order valence-corrected chi connectivity index (χ2v) is 4.42. The summed E-state index contributed by atoms with van der Waals surface area (Å²) >= 11 is 5.82. The number of carbonyl (C=O) groups is 2. The maximum atomic E-state index is 11.9. The molecule has 0 atom stereocenters. The number of hydrogen-bond acceptors (Lipinski definition) is 3. The summed E-state index contributed by atoms with van der Waals surface area (Å²) in [7, 11) is 0. The second-order valence-electron chi connectivity index (χ2n) is 4.01. The molecule has 0 spiro atoms. The number of amides is 1. The average Bonchev–Trinajstić information content (AvgIpc) is 2.39. The summed E-state index contributed by atoms with van der Waals surface area (Å²) in [5.74, 6) is -1.54. The van der Waals surface area contributed by atoms with E-state index in [1.54, 1.807) is 30.5 Å². The number of pyridine rings is 1. The zero-order valence-electron chi connectivity index (χ0n) is 10.3. The van der Waals surface area contributed by atoms with Crippen molar-refractivity contribution in [1.29, 1.82) is 0 Å². The fourth-order valence-corrected chi connectivity index (χ4v) is 1.96. The van der Waals surface area contributed by atoms with Crippen LogP contribution in [0.3, 0.4) is 0 Å². The number of nitrogens with one attached hydrogen (secondary N) is 1. The molecule has 5 nitrogen and oxygen atoms in total. The Morgan fingerprint density at radius 1 is 1.20 bits per heavy atom. The van der Waals surface area contributed by atoms with Crippen molar-refractivity contribution in [3.8, 4) is 0 Å². The number of carboxylic acids is 1. The lowest BCUT2D eigenvalue weighted by atomic mass is 10.1. The number of carbonyl (C=O) groups excluding carboxylic acids is 1. The molecule has 0 aliphatic carbocycles. The topological polar surface area (TPSA) is 79.3 Å². The number of rotatable bonds is 4. The number of nitrogens with zero attached hydrogens (tertiary/aromatic N) is 1. The van der Waals surface area contributed by atoms with Gasteiger partial charge in [0.2, 0.25) is 5.91 Å². The van der Waals surface area contributed by atoms with E-state index in [9.17, 15) is 9.59 Å². The molecule has 102 valence electrons. The van der Waals surface area contributed by atoms with Gasteiger partial charge in [-0.25, -0.2) is 4.79 Å². The molecule has 2 aromatic rings. The van der Waals surface area contributed by atoms with E-state index in [1.807, 2.05) is 0 Å². The van der Waals surface area contributed by atoms with Crippen LogP contribution < -0.4 is 5.32 Å². The van der Waals surface area contributed by atoms with Crippen molar-refractivity contribution in [1.82, 2.24) is 4.98 Å². The lowest BCUT2D eigenvalue weighted by Gasteiger charge is -2.09. The molecule has 1 amide bonds. The monoisotopic (exact) mass is 290 g/mol. The van der Waals surface area contributed by atoms with Gasteiger partial charge in [0.25, 0.3) is 0 Å². The van der Waals surface area contributed by atoms with Crippen LogP contribution in [0.4, 0.5) is 5.69 Å².